The molecule has 2 aromatic rings. The van der Waals surface area contributed by atoms with Gasteiger partial charge >= 0.3 is 0 Å². The van der Waals surface area contributed by atoms with Crippen LogP contribution < -0.4 is 15.8 Å². The van der Waals surface area contributed by atoms with Crippen molar-refractivity contribution in [3.8, 4) is 0 Å². The van der Waals surface area contributed by atoms with Gasteiger partial charge in [0.15, 0.2) is 0 Å². The number of nitrogens with one attached hydrogen (secondary N) is 2. The van der Waals surface area contributed by atoms with Crippen molar-refractivity contribution in [3.63, 3.8) is 0 Å². The Balaban J connectivity index is 2.31. The first-order valence-electron chi connectivity index (χ1n) is 5.88. The number of sulfonamides is 1. The van der Waals surface area contributed by atoms with E-state index >= 15 is 0 Å². The monoisotopic (exact) mass is 373 g/mol. The molecule has 0 amide bonds. The molecule has 4 N–H and O–H groups in total. The summed E-state index contributed by atoms with van der Waals surface area (Å²) in [6.07, 6.45) is 0. The van der Waals surface area contributed by atoms with E-state index in [0.717, 1.165) is 0 Å². The lowest BCUT2D eigenvalue weighted by molar-refractivity contribution is 0.588. The van der Waals surface area contributed by atoms with Gasteiger partial charge in [-0.2, -0.15) is 0 Å². The fraction of sp³-hybridized carbons (Fsp3) is 0.0769. The molecule has 0 saturated heterocycles. The van der Waals surface area contributed by atoms with E-state index in [2.05, 4.69) is 26.0 Å². The van der Waals surface area contributed by atoms with Crippen LogP contribution in [0.3, 0.4) is 0 Å². The Morgan fingerprint density at radius 2 is 1.90 bits per heavy atom. The molecule has 8 heteroatoms. The van der Waals surface area contributed by atoms with Crippen molar-refractivity contribution in [1.29, 1.82) is 0 Å². The van der Waals surface area contributed by atoms with E-state index in [0.29, 0.717) is 15.8 Å². The molecule has 2 aromatic carbocycles. The summed E-state index contributed by atoms with van der Waals surface area (Å²) in [6, 6.07) is 8.82. The third kappa shape index (κ3) is 3.52. The fourth-order valence-electron chi connectivity index (χ4n) is 1.67. The van der Waals surface area contributed by atoms with Gasteiger partial charge in [0.05, 0.1) is 20.7 Å². The van der Waals surface area contributed by atoms with E-state index in [1.807, 2.05) is 0 Å². The summed E-state index contributed by atoms with van der Waals surface area (Å²) in [5.41, 5.74) is 7.07. The Labute approximate surface area is 130 Å². The normalized spacial score (nSPS) is 11.4. The zero-order valence-electron chi connectivity index (χ0n) is 11.0. The molecule has 0 aliphatic heterocycles. The van der Waals surface area contributed by atoms with Gasteiger partial charge in [-0.3, -0.25) is 0 Å². The van der Waals surface area contributed by atoms with Crippen LogP contribution in [0.15, 0.2) is 45.8 Å². The van der Waals surface area contributed by atoms with Gasteiger partial charge in [-0.1, -0.05) is 0 Å². The van der Waals surface area contributed by atoms with E-state index in [-0.39, 0.29) is 10.6 Å². The molecule has 0 atom stereocenters. The highest BCUT2D eigenvalue weighted by Crippen LogP contribution is 2.27. The average Bonchev–Trinajstić information content (AvgIpc) is 2.45. The number of anilines is 3. The van der Waals surface area contributed by atoms with Crippen molar-refractivity contribution >= 4 is 43.0 Å². The van der Waals surface area contributed by atoms with Crippen LogP contribution >= 0.6 is 15.9 Å². The summed E-state index contributed by atoms with van der Waals surface area (Å²) in [5, 5.41) is 2.94. The van der Waals surface area contributed by atoms with Crippen molar-refractivity contribution < 1.29 is 12.8 Å². The maximum absolute atomic E-state index is 13.4. The summed E-state index contributed by atoms with van der Waals surface area (Å²) in [5.74, 6) is -0.409. The van der Waals surface area contributed by atoms with Crippen LogP contribution in [0.5, 0.6) is 0 Å². The second kappa shape index (κ2) is 6.00. The number of nitrogens with two attached hydrogens (primary N) is 1. The highest BCUT2D eigenvalue weighted by Gasteiger charge is 2.13. The summed E-state index contributed by atoms with van der Waals surface area (Å²) in [6.45, 7) is 0. The first kappa shape index (κ1) is 15.7. The predicted octanol–water partition coefficient (Wildman–Crippen LogP) is 2.82. The van der Waals surface area contributed by atoms with Crippen LogP contribution in [0, 0.1) is 5.82 Å². The fourth-order valence-corrected chi connectivity index (χ4v) is 2.68. The van der Waals surface area contributed by atoms with Crippen molar-refractivity contribution in [2.24, 2.45) is 0 Å². The Bertz CT molecular complexity index is 781. The van der Waals surface area contributed by atoms with Gasteiger partial charge in [-0.05, 0) is 59.4 Å². The maximum atomic E-state index is 13.4. The smallest absolute Gasteiger partial charge is 0.240 e. The zero-order chi connectivity index (χ0) is 15.6. The molecule has 0 fully saturated rings. The quantitative estimate of drug-likeness (QED) is 0.719. The van der Waals surface area contributed by atoms with Gasteiger partial charge in [0.1, 0.15) is 5.82 Å². The van der Waals surface area contributed by atoms with E-state index in [1.54, 1.807) is 12.1 Å². The van der Waals surface area contributed by atoms with Gasteiger partial charge in [-0.25, -0.2) is 17.5 Å². The van der Waals surface area contributed by atoms with E-state index in [1.165, 1.54) is 31.3 Å². The number of hydrogen-bond donors (Lipinski definition) is 3. The topological polar surface area (TPSA) is 84.2 Å². The maximum Gasteiger partial charge on any atom is 0.240 e. The average molecular weight is 374 g/mol. The molecule has 0 aromatic heterocycles. The van der Waals surface area contributed by atoms with Crippen LogP contribution in [-0.4, -0.2) is 15.5 Å². The van der Waals surface area contributed by atoms with Crippen molar-refractivity contribution in [1.82, 2.24) is 4.72 Å². The third-order valence-electron chi connectivity index (χ3n) is 2.80. The molecular formula is C13H13BrFN3O2S. The Morgan fingerprint density at radius 1 is 1.19 bits per heavy atom. The van der Waals surface area contributed by atoms with Gasteiger partial charge in [-0.15, -0.1) is 0 Å². The van der Waals surface area contributed by atoms with Crippen LogP contribution in [0.1, 0.15) is 0 Å². The van der Waals surface area contributed by atoms with Crippen molar-refractivity contribution in [3.05, 3.63) is 46.7 Å². The Hall–Kier alpha value is -1.64. The van der Waals surface area contributed by atoms with Crippen LogP contribution in [0.4, 0.5) is 21.5 Å². The van der Waals surface area contributed by atoms with E-state index < -0.39 is 15.8 Å². The minimum absolute atomic E-state index is 0.0648. The number of nitrogen functional groups attached to an aromatic ring is 1. The number of benzene rings is 2. The van der Waals surface area contributed by atoms with Crippen LogP contribution in [-0.2, 0) is 10.0 Å². The van der Waals surface area contributed by atoms with E-state index in [9.17, 15) is 12.8 Å². The summed E-state index contributed by atoms with van der Waals surface area (Å²) >= 11 is 3.07. The van der Waals surface area contributed by atoms with Gasteiger partial charge in [0, 0.05) is 5.69 Å². The third-order valence-corrected chi connectivity index (χ3v) is 4.86. The Kier molecular flexibility index (Phi) is 4.50. The molecule has 0 saturated carbocycles. The summed E-state index contributed by atoms with van der Waals surface area (Å²) < 4.78 is 39.3. The van der Waals surface area contributed by atoms with Gasteiger partial charge < -0.3 is 11.1 Å². The van der Waals surface area contributed by atoms with Crippen molar-refractivity contribution in [2.75, 3.05) is 18.1 Å². The molecule has 0 radical (unpaired) electrons. The molecule has 0 heterocycles. The first-order chi connectivity index (χ1) is 9.83. The number of halogens is 2. The summed E-state index contributed by atoms with van der Waals surface area (Å²) in [4.78, 5) is 0.0648. The molecule has 0 aliphatic rings. The molecular weight excluding hydrogens is 361 g/mol. The molecule has 0 unspecified atom stereocenters. The second-order valence-electron chi connectivity index (χ2n) is 4.21. The lowest BCUT2D eigenvalue weighted by Crippen LogP contribution is -2.18. The van der Waals surface area contributed by atoms with Crippen molar-refractivity contribution in [2.45, 2.75) is 4.90 Å². The summed E-state index contributed by atoms with van der Waals surface area (Å²) in [7, 11) is -2.22. The molecule has 0 spiro atoms. The lowest BCUT2D eigenvalue weighted by Gasteiger charge is -2.11. The Morgan fingerprint density at radius 3 is 2.48 bits per heavy atom. The standard InChI is InChI=1S/C13H13BrFN3O2S/c1-17-21(19,20)9-3-5-13(12(16)7-9)18-8-2-4-10(14)11(15)6-8/h2-7,17-18H,16H2,1H3. The zero-order valence-corrected chi connectivity index (χ0v) is 13.4. The molecule has 2 rings (SSSR count). The molecule has 112 valence electrons. The second-order valence-corrected chi connectivity index (χ2v) is 6.95. The van der Waals surface area contributed by atoms with Gasteiger partial charge in [0.2, 0.25) is 10.0 Å². The van der Waals surface area contributed by atoms with Crippen LogP contribution in [0.25, 0.3) is 0 Å². The highest BCUT2D eigenvalue weighted by atomic mass is 79.9. The molecule has 0 aliphatic carbocycles. The minimum Gasteiger partial charge on any atom is -0.397 e. The molecule has 21 heavy (non-hydrogen) atoms. The minimum atomic E-state index is -3.55. The van der Waals surface area contributed by atoms with E-state index in [4.69, 9.17) is 5.73 Å². The van der Waals surface area contributed by atoms with Crippen LogP contribution in [0.2, 0.25) is 0 Å². The highest BCUT2D eigenvalue weighted by molar-refractivity contribution is 9.10. The number of rotatable bonds is 4. The largest absolute Gasteiger partial charge is 0.397 e. The predicted molar refractivity (Wildman–Crippen MR) is 84.5 cm³/mol. The molecule has 0 bridgehead atoms. The number of hydrogen-bond acceptors (Lipinski definition) is 4. The molecule has 5 nitrogen and oxygen atoms in total. The first-order valence-corrected chi connectivity index (χ1v) is 8.16. The van der Waals surface area contributed by atoms with Gasteiger partial charge in [0.25, 0.3) is 0 Å². The SMILES string of the molecule is CNS(=O)(=O)c1ccc(Nc2ccc(Br)c(F)c2)c(N)c1. The lowest BCUT2D eigenvalue weighted by atomic mass is 10.2.